The highest BCUT2D eigenvalue weighted by Crippen LogP contribution is 2.22. The van der Waals surface area contributed by atoms with Crippen LogP contribution in [0.5, 0.6) is 0 Å². The number of hydrogen-bond donors (Lipinski definition) is 1. The molecule has 0 radical (unpaired) electrons. The maximum Gasteiger partial charge on any atom is 0.404 e. The first kappa shape index (κ1) is 11.3. The van der Waals surface area contributed by atoms with E-state index in [1.54, 1.807) is 6.07 Å². The van der Waals surface area contributed by atoms with Crippen molar-refractivity contribution in [2.75, 3.05) is 18.0 Å². The van der Waals surface area contributed by atoms with Crippen LogP contribution in [0.25, 0.3) is 0 Å². The molecule has 0 aromatic heterocycles. The number of anilines is 1. The molecule has 1 aliphatic rings. The van der Waals surface area contributed by atoms with Gasteiger partial charge in [0.25, 0.3) is 0 Å². The summed E-state index contributed by atoms with van der Waals surface area (Å²) in [6.45, 7) is 1.42. The molecule has 2 rings (SSSR count). The molecule has 0 saturated carbocycles. The summed E-state index contributed by atoms with van der Waals surface area (Å²) in [5, 5.41) is 8.82. The highest BCUT2D eigenvalue weighted by molar-refractivity contribution is 5.65. The largest absolute Gasteiger partial charge is 0.444 e. The predicted octanol–water partition coefficient (Wildman–Crippen LogP) is 1.23. The highest BCUT2D eigenvalue weighted by atomic mass is 16.6. The summed E-state index contributed by atoms with van der Waals surface area (Å²) in [5.41, 5.74) is 6.58. The Labute approximate surface area is 99.4 Å². The number of amides is 1. The number of rotatable bonds is 2. The van der Waals surface area contributed by atoms with Crippen molar-refractivity contribution in [1.82, 2.24) is 0 Å². The van der Waals surface area contributed by atoms with Gasteiger partial charge in [0.15, 0.2) is 0 Å². The Kier molecular flexibility index (Phi) is 3.15. The Hall–Kier alpha value is -2.22. The molecule has 0 aliphatic carbocycles. The topological polar surface area (TPSA) is 79.3 Å². The standard InChI is InChI=1S/C12H13N3O2/c13-7-9-2-1-3-10(6-9)15-5-4-11(8-15)17-12(14)16/h1-3,6,11H,4-5,8H2,(H2,14,16). The molecule has 5 nitrogen and oxygen atoms in total. The van der Waals surface area contributed by atoms with E-state index in [1.807, 2.05) is 18.2 Å². The van der Waals surface area contributed by atoms with Crippen LogP contribution in [-0.4, -0.2) is 25.3 Å². The second-order valence-corrected chi connectivity index (χ2v) is 3.96. The number of nitriles is 1. The molecule has 1 aromatic rings. The Balaban J connectivity index is 2.05. The molecule has 5 heteroatoms. The summed E-state index contributed by atoms with van der Waals surface area (Å²) in [6.07, 6.45) is -0.124. The number of carbonyl (C=O) groups is 1. The minimum absolute atomic E-state index is 0.154. The fourth-order valence-electron chi connectivity index (χ4n) is 2.00. The van der Waals surface area contributed by atoms with Crippen molar-refractivity contribution in [3.8, 4) is 6.07 Å². The molecule has 1 fully saturated rings. The first-order valence-electron chi connectivity index (χ1n) is 5.40. The third kappa shape index (κ3) is 2.67. The third-order valence-electron chi connectivity index (χ3n) is 2.77. The summed E-state index contributed by atoms with van der Waals surface area (Å²) in [7, 11) is 0. The van der Waals surface area contributed by atoms with Crippen LogP contribution in [0, 0.1) is 11.3 Å². The number of nitrogens with two attached hydrogens (primary N) is 1. The van der Waals surface area contributed by atoms with Crippen LogP contribution >= 0.6 is 0 Å². The van der Waals surface area contributed by atoms with E-state index in [2.05, 4.69) is 11.0 Å². The van der Waals surface area contributed by atoms with Gasteiger partial charge in [-0.3, -0.25) is 0 Å². The number of hydrogen-bond acceptors (Lipinski definition) is 4. The Morgan fingerprint density at radius 3 is 3.12 bits per heavy atom. The minimum Gasteiger partial charge on any atom is -0.444 e. The average molecular weight is 231 g/mol. The summed E-state index contributed by atoms with van der Waals surface area (Å²) in [4.78, 5) is 12.7. The Bertz CT molecular complexity index is 467. The van der Waals surface area contributed by atoms with E-state index in [1.165, 1.54) is 0 Å². The molecule has 2 N–H and O–H groups in total. The van der Waals surface area contributed by atoms with Gasteiger partial charge in [0, 0.05) is 18.7 Å². The molecule has 17 heavy (non-hydrogen) atoms. The lowest BCUT2D eigenvalue weighted by molar-refractivity contribution is 0.117. The van der Waals surface area contributed by atoms with Gasteiger partial charge >= 0.3 is 6.09 Å². The van der Waals surface area contributed by atoms with E-state index in [4.69, 9.17) is 15.7 Å². The first-order valence-corrected chi connectivity index (χ1v) is 5.40. The lowest BCUT2D eigenvalue weighted by atomic mass is 10.2. The maximum absolute atomic E-state index is 10.6. The number of ether oxygens (including phenoxy) is 1. The van der Waals surface area contributed by atoms with Gasteiger partial charge in [-0.05, 0) is 18.2 Å². The summed E-state index contributed by atoms with van der Waals surface area (Å²) in [5.74, 6) is 0. The van der Waals surface area contributed by atoms with E-state index in [9.17, 15) is 4.79 Å². The van der Waals surface area contributed by atoms with Gasteiger partial charge in [0.05, 0.1) is 18.2 Å². The second kappa shape index (κ2) is 4.74. The van der Waals surface area contributed by atoms with Crippen molar-refractivity contribution >= 4 is 11.8 Å². The molecular formula is C12H13N3O2. The first-order chi connectivity index (χ1) is 8.19. The van der Waals surface area contributed by atoms with Crippen LogP contribution in [0.4, 0.5) is 10.5 Å². The molecule has 1 unspecified atom stereocenters. The molecule has 1 atom stereocenters. The predicted molar refractivity (Wildman–Crippen MR) is 62.4 cm³/mol. The zero-order valence-corrected chi connectivity index (χ0v) is 9.30. The fraction of sp³-hybridized carbons (Fsp3) is 0.333. The summed E-state index contributed by atoms with van der Waals surface area (Å²) >= 11 is 0. The lowest BCUT2D eigenvalue weighted by Gasteiger charge is -2.18. The molecule has 1 amide bonds. The van der Waals surface area contributed by atoms with E-state index >= 15 is 0 Å². The monoisotopic (exact) mass is 231 g/mol. The smallest absolute Gasteiger partial charge is 0.404 e. The van der Waals surface area contributed by atoms with E-state index in [0.29, 0.717) is 12.1 Å². The van der Waals surface area contributed by atoms with E-state index in [0.717, 1.165) is 18.7 Å². The number of benzene rings is 1. The van der Waals surface area contributed by atoms with Crippen molar-refractivity contribution in [1.29, 1.82) is 5.26 Å². The van der Waals surface area contributed by atoms with E-state index < -0.39 is 6.09 Å². The summed E-state index contributed by atoms with van der Waals surface area (Å²) < 4.78 is 4.95. The van der Waals surface area contributed by atoms with Crippen LogP contribution in [0.3, 0.4) is 0 Å². The highest BCUT2D eigenvalue weighted by Gasteiger charge is 2.25. The van der Waals surface area contributed by atoms with Crippen LogP contribution < -0.4 is 10.6 Å². The van der Waals surface area contributed by atoms with E-state index in [-0.39, 0.29) is 6.10 Å². The SMILES string of the molecule is N#Cc1cccc(N2CCC(OC(N)=O)C2)c1. The van der Waals surface area contributed by atoms with Gasteiger partial charge < -0.3 is 15.4 Å². The zero-order valence-electron chi connectivity index (χ0n) is 9.30. The summed E-state index contributed by atoms with van der Waals surface area (Å²) in [6, 6.07) is 9.47. The van der Waals surface area contributed by atoms with Crippen molar-refractivity contribution in [3.05, 3.63) is 29.8 Å². The van der Waals surface area contributed by atoms with Gasteiger partial charge in [0.2, 0.25) is 0 Å². The van der Waals surface area contributed by atoms with Crippen molar-refractivity contribution < 1.29 is 9.53 Å². The van der Waals surface area contributed by atoms with Crippen LogP contribution in [0.2, 0.25) is 0 Å². The molecule has 1 aromatic carbocycles. The van der Waals surface area contributed by atoms with Gasteiger partial charge in [-0.2, -0.15) is 5.26 Å². The van der Waals surface area contributed by atoms with Gasteiger partial charge in [-0.25, -0.2) is 4.79 Å². The zero-order chi connectivity index (χ0) is 12.3. The number of primary amides is 1. The average Bonchev–Trinajstić information content (AvgIpc) is 2.77. The Morgan fingerprint density at radius 2 is 2.41 bits per heavy atom. The second-order valence-electron chi connectivity index (χ2n) is 3.96. The van der Waals surface area contributed by atoms with Gasteiger partial charge in [0.1, 0.15) is 6.10 Å². The molecule has 0 spiro atoms. The van der Waals surface area contributed by atoms with Crippen LogP contribution in [0.1, 0.15) is 12.0 Å². The van der Waals surface area contributed by atoms with Crippen molar-refractivity contribution in [2.24, 2.45) is 5.73 Å². The lowest BCUT2D eigenvalue weighted by Crippen LogP contribution is -2.26. The van der Waals surface area contributed by atoms with Gasteiger partial charge in [-0.1, -0.05) is 6.07 Å². The third-order valence-corrected chi connectivity index (χ3v) is 2.77. The molecule has 1 saturated heterocycles. The molecule has 1 aliphatic heterocycles. The molecule has 1 heterocycles. The maximum atomic E-state index is 10.6. The molecule has 88 valence electrons. The van der Waals surface area contributed by atoms with Crippen LogP contribution in [-0.2, 0) is 4.74 Å². The van der Waals surface area contributed by atoms with Gasteiger partial charge in [-0.15, -0.1) is 0 Å². The fourth-order valence-corrected chi connectivity index (χ4v) is 2.00. The number of nitrogens with zero attached hydrogens (tertiary/aromatic N) is 2. The number of carbonyl (C=O) groups excluding carboxylic acids is 1. The molecule has 0 bridgehead atoms. The Morgan fingerprint density at radius 1 is 1.59 bits per heavy atom. The van der Waals surface area contributed by atoms with Crippen molar-refractivity contribution in [3.63, 3.8) is 0 Å². The molecular weight excluding hydrogens is 218 g/mol. The van der Waals surface area contributed by atoms with Crippen LogP contribution in [0.15, 0.2) is 24.3 Å². The normalized spacial score (nSPS) is 18.8. The quantitative estimate of drug-likeness (QED) is 0.830. The minimum atomic E-state index is -0.734. The van der Waals surface area contributed by atoms with Crippen molar-refractivity contribution in [2.45, 2.75) is 12.5 Å².